The van der Waals surface area contributed by atoms with Gasteiger partial charge < -0.3 is 35.1 Å². The molecule has 3 aromatic carbocycles. The lowest BCUT2D eigenvalue weighted by atomic mass is 9.85. The average Bonchev–Trinajstić information content (AvgIpc) is 4.19. The van der Waals surface area contributed by atoms with Crippen LogP contribution in [-0.2, 0) is 14.4 Å². The van der Waals surface area contributed by atoms with Gasteiger partial charge in [0.15, 0.2) is 11.6 Å². The lowest BCUT2D eigenvalue weighted by Gasteiger charge is -2.35. The number of hydrogen-bond donors (Lipinski definition) is 4. The van der Waals surface area contributed by atoms with Gasteiger partial charge in [-0.05, 0) is 117 Å². The Bertz CT molecular complexity index is 3260. The normalized spacial score (nSPS) is 17.8. The van der Waals surface area contributed by atoms with Crippen molar-refractivity contribution >= 4 is 74.6 Å². The third-order valence-corrected chi connectivity index (χ3v) is 16.0. The van der Waals surface area contributed by atoms with Gasteiger partial charge in [-0.1, -0.05) is 68.8 Å². The standard InChI is InChI=1S/C55H59ClN8O7S2/c1-28-20-21-72-48(28)36-12-10-34(11-13-36)31(4)58-51(67)42-24-39(65)27-63(42)53(69)49(55(7,8)9)60-52(68)44-23-37-22-40(18-19-43(37)71-44)70-29(2)26-57-45(66)25-41-50-62-61-33(6)64(50)54-46(30(3)32(5)73-54)47(59-41)35-14-16-38(56)17-15-35/h10-23,29,31,39,41-42,49,65H,24-27H2,1-9H3,(H,57,66)(H,58,67)(H,60,68)/t29-,31-,39+,41?,42-,49+/m0/s1. The van der Waals surface area contributed by atoms with E-state index in [4.69, 9.17) is 25.7 Å². The minimum atomic E-state index is -1.07. The highest BCUT2D eigenvalue weighted by atomic mass is 35.5. The molecule has 1 unspecified atom stereocenters. The van der Waals surface area contributed by atoms with Crippen molar-refractivity contribution in [3.63, 3.8) is 0 Å². The van der Waals surface area contributed by atoms with E-state index in [1.807, 2.05) is 94.6 Å². The zero-order chi connectivity index (χ0) is 52.0. The van der Waals surface area contributed by atoms with Gasteiger partial charge in [-0.15, -0.1) is 32.9 Å². The fraction of sp³-hybridized carbons (Fsp3) is 0.364. The molecule has 6 atom stereocenters. The van der Waals surface area contributed by atoms with Crippen molar-refractivity contribution in [2.45, 2.75) is 112 Å². The topological polar surface area (TPSA) is 193 Å². The van der Waals surface area contributed by atoms with Gasteiger partial charge in [0.2, 0.25) is 17.7 Å². The van der Waals surface area contributed by atoms with E-state index in [0.29, 0.717) is 33.4 Å². The van der Waals surface area contributed by atoms with Crippen molar-refractivity contribution in [2.75, 3.05) is 13.1 Å². The van der Waals surface area contributed by atoms with Crippen LogP contribution in [-0.4, -0.2) is 91.5 Å². The first-order valence-electron chi connectivity index (χ1n) is 24.3. The van der Waals surface area contributed by atoms with Gasteiger partial charge in [0.25, 0.3) is 5.91 Å². The molecule has 0 radical (unpaired) electrons. The molecular formula is C55H59ClN8O7S2. The van der Waals surface area contributed by atoms with Crippen LogP contribution in [0.25, 0.3) is 26.4 Å². The number of aromatic nitrogens is 3. The first kappa shape index (κ1) is 51.2. The third kappa shape index (κ3) is 10.7. The van der Waals surface area contributed by atoms with Crippen LogP contribution in [0, 0.1) is 33.1 Å². The predicted octanol–water partition coefficient (Wildman–Crippen LogP) is 9.54. The molecule has 15 nitrogen and oxygen atoms in total. The smallest absolute Gasteiger partial charge is 0.287 e. The number of aliphatic hydroxyl groups is 1. The number of ether oxygens (including phenoxy) is 1. The summed E-state index contributed by atoms with van der Waals surface area (Å²) < 4.78 is 14.2. The molecule has 0 bridgehead atoms. The molecule has 1 saturated heterocycles. The molecule has 4 aromatic heterocycles. The number of nitrogens with one attached hydrogen (secondary N) is 3. The van der Waals surface area contributed by atoms with Crippen LogP contribution in [0.1, 0.15) is 114 Å². The van der Waals surface area contributed by atoms with Crippen molar-refractivity contribution in [3.05, 3.63) is 139 Å². The van der Waals surface area contributed by atoms with Crippen LogP contribution in [0.3, 0.4) is 0 Å². The van der Waals surface area contributed by atoms with E-state index >= 15 is 0 Å². The number of carbonyl (C=O) groups is 4. The number of carbonyl (C=O) groups excluding carboxylic acids is 4. The van der Waals surface area contributed by atoms with Crippen molar-refractivity contribution in [1.29, 1.82) is 0 Å². The van der Waals surface area contributed by atoms with Crippen LogP contribution in [0.15, 0.2) is 93.7 Å². The Hall–Kier alpha value is -6.66. The molecule has 0 saturated carbocycles. The Kier molecular flexibility index (Phi) is 14.5. The zero-order valence-corrected chi connectivity index (χ0v) is 44.6. The number of fused-ring (bicyclic) bond motifs is 4. The number of halogens is 1. The maximum atomic E-state index is 14.4. The second-order valence-electron chi connectivity index (χ2n) is 20.1. The summed E-state index contributed by atoms with van der Waals surface area (Å²) in [4.78, 5) is 64.7. The molecular weight excluding hydrogens is 984 g/mol. The number of rotatable bonds is 14. The number of aliphatic hydroxyl groups excluding tert-OH is 1. The van der Waals surface area contributed by atoms with Gasteiger partial charge in [-0.2, -0.15) is 0 Å². The molecule has 1 fully saturated rings. The van der Waals surface area contributed by atoms with Gasteiger partial charge >= 0.3 is 0 Å². The quantitative estimate of drug-likeness (QED) is 0.0821. The number of furan rings is 1. The zero-order valence-electron chi connectivity index (χ0n) is 42.2. The summed E-state index contributed by atoms with van der Waals surface area (Å²) >= 11 is 9.59. The van der Waals surface area contributed by atoms with Crippen LogP contribution >= 0.6 is 34.3 Å². The minimum absolute atomic E-state index is 0.0177. The van der Waals surface area contributed by atoms with Gasteiger partial charge in [0.05, 0.1) is 30.8 Å². The number of aryl methyl sites for hydroxylation is 3. The molecule has 6 heterocycles. The summed E-state index contributed by atoms with van der Waals surface area (Å²) in [6.45, 7) is 17.5. The van der Waals surface area contributed by atoms with Crippen LogP contribution in [0.2, 0.25) is 5.02 Å². The summed E-state index contributed by atoms with van der Waals surface area (Å²) in [6.07, 6.45) is -1.29. The average molecular weight is 1040 g/mol. The van der Waals surface area contributed by atoms with E-state index in [9.17, 15) is 24.3 Å². The second kappa shape index (κ2) is 20.7. The summed E-state index contributed by atoms with van der Waals surface area (Å²) in [5.41, 5.74) is 6.56. The Balaban J connectivity index is 0.828. The lowest BCUT2D eigenvalue weighted by molar-refractivity contribution is -0.142. The van der Waals surface area contributed by atoms with Crippen molar-refractivity contribution in [1.82, 2.24) is 35.6 Å². The number of aliphatic imine (C=N–C) groups is 1. The van der Waals surface area contributed by atoms with Crippen molar-refractivity contribution < 1.29 is 33.4 Å². The lowest BCUT2D eigenvalue weighted by Crippen LogP contribution is -2.57. The molecule has 4 N–H and O–H groups in total. The van der Waals surface area contributed by atoms with E-state index in [0.717, 1.165) is 43.4 Å². The number of benzene rings is 3. The number of amides is 4. The van der Waals surface area contributed by atoms with Gasteiger partial charge in [-0.3, -0.25) is 28.7 Å². The number of nitrogens with zero attached hydrogens (tertiary/aromatic N) is 5. The molecule has 9 rings (SSSR count). The molecule has 18 heteroatoms. The minimum Gasteiger partial charge on any atom is -0.489 e. The van der Waals surface area contributed by atoms with Crippen molar-refractivity contribution in [2.24, 2.45) is 10.4 Å². The first-order chi connectivity index (χ1) is 34.7. The fourth-order valence-corrected chi connectivity index (χ4v) is 11.7. The summed E-state index contributed by atoms with van der Waals surface area (Å²) in [5.74, 6) is 0.0125. The largest absolute Gasteiger partial charge is 0.489 e. The molecule has 0 spiro atoms. The molecule has 7 aromatic rings. The molecule has 4 amide bonds. The number of likely N-dealkylation sites (tertiary alicyclic amines) is 1. The molecule has 0 aliphatic carbocycles. The maximum Gasteiger partial charge on any atom is 0.287 e. The number of hydrogen-bond acceptors (Lipinski definition) is 12. The molecule has 2 aliphatic rings. The second-order valence-corrected chi connectivity index (χ2v) is 22.7. The predicted molar refractivity (Wildman–Crippen MR) is 285 cm³/mol. The van der Waals surface area contributed by atoms with Crippen LogP contribution in [0.5, 0.6) is 5.75 Å². The maximum absolute atomic E-state index is 14.4. The Labute approximate surface area is 437 Å². The van der Waals surface area contributed by atoms with E-state index in [-0.39, 0.29) is 49.5 Å². The molecule has 73 heavy (non-hydrogen) atoms. The van der Waals surface area contributed by atoms with E-state index < -0.39 is 47.6 Å². The summed E-state index contributed by atoms with van der Waals surface area (Å²) in [6, 6.07) is 21.4. The van der Waals surface area contributed by atoms with Gasteiger partial charge in [0.1, 0.15) is 46.4 Å². The van der Waals surface area contributed by atoms with Crippen LogP contribution in [0.4, 0.5) is 0 Å². The highest BCUT2D eigenvalue weighted by Gasteiger charge is 2.45. The first-order valence-corrected chi connectivity index (χ1v) is 26.4. The highest BCUT2D eigenvalue weighted by Crippen LogP contribution is 2.40. The van der Waals surface area contributed by atoms with Crippen molar-refractivity contribution in [3.8, 4) is 21.2 Å². The Morgan fingerprint density at radius 3 is 2.36 bits per heavy atom. The third-order valence-electron chi connectivity index (χ3n) is 13.5. The Morgan fingerprint density at radius 2 is 1.66 bits per heavy atom. The summed E-state index contributed by atoms with van der Waals surface area (Å²) in [7, 11) is 0. The number of thiophene rings is 2. The SMILES string of the molecule is Cc1ccsc1-c1ccc([C@H](C)NC(=O)[C@@H]2C[C@@H](O)CN2C(=O)[C@@H](NC(=O)c2cc3cc(O[C@@H](C)CNC(=O)CC4N=C(c5ccc(Cl)cc5)c5c(sc(C)c5C)-n5c(C)nnc54)ccc3o2)C(C)(C)C)cc1. The van der Waals surface area contributed by atoms with E-state index in [2.05, 4.69) is 58.4 Å². The Morgan fingerprint density at radius 1 is 0.932 bits per heavy atom. The monoisotopic (exact) mass is 1040 g/mol. The summed E-state index contributed by atoms with van der Waals surface area (Å²) in [5, 5.41) is 32.8. The fourth-order valence-electron chi connectivity index (χ4n) is 9.43. The van der Waals surface area contributed by atoms with E-state index in [1.54, 1.807) is 46.9 Å². The van der Waals surface area contributed by atoms with Crippen LogP contribution < -0.4 is 20.7 Å². The number of β-amino-alcohol motifs (C(OH)–C–C–N with tert-alkyl or cyclic N) is 1. The molecule has 2 aliphatic heterocycles. The van der Waals surface area contributed by atoms with E-state index in [1.165, 1.54) is 15.3 Å². The van der Waals surface area contributed by atoms with Gasteiger partial charge in [0, 0.05) is 44.3 Å². The van der Waals surface area contributed by atoms with Gasteiger partial charge in [-0.25, -0.2) is 0 Å². The highest BCUT2D eigenvalue weighted by molar-refractivity contribution is 7.15. The molecule has 380 valence electrons.